The Hall–Kier alpha value is -1.46. The van der Waals surface area contributed by atoms with Gasteiger partial charge in [-0.15, -0.1) is 0 Å². The smallest absolute Gasteiger partial charge is 0.243 e. The highest BCUT2D eigenvalue weighted by molar-refractivity contribution is 6.30. The molecule has 3 rings (SSSR count). The summed E-state index contributed by atoms with van der Waals surface area (Å²) in [7, 11) is 0. The Morgan fingerprint density at radius 2 is 2.37 bits per heavy atom. The highest BCUT2D eigenvalue weighted by Gasteiger charge is 2.22. The minimum Gasteiger partial charge on any atom is -0.338 e. The van der Waals surface area contributed by atoms with Gasteiger partial charge in [0.15, 0.2) is 5.82 Å². The number of nitrogens with zero attached hydrogens (tertiary/aromatic N) is 2. The molecule has 2 heterocycles. The molecular formula is C13H13ClFN3O. The lowest BCUT2D eigenvalue weighted by Gasteiger charge is -2.02. The summed E-state index contributed by atoms with van der Waals surface area (Å²) in [6.45, 7) is 0.964. The SMILES string of the molecule is Fc1c(Cl)cccc1Cc1noc([C@H]2CCCN2)n1. The van der Waals surface area contributed by atoms with Gasteiger partial charge < -0.3 is 9.84 Å². The molecule has 0 bridgehead atoms. The summed E-state index contributed by atoms with van der Waals surface area (Å²) in [5.41, 5.74) is 0.472. The molecule has 1 atom stereocenters. The zero-order valence-corrected chi connectivity index (χ0v) is 11.0. The molecule has 1 N–H and O–H groups in total. The molecule has 1 fully saturated rings. The van der Waals surface area contributed by atoms with Crippen molar-refractivity contribution in [2.24, 2.45) is 0 Å². The fourth-order valence-corrected chi connectivity index (χ4v) is 2.43. The van der Waals surface area contributed by atoms with E-state index in [-0.39, 0.29) is 17.5 Å². The standard InChI is InChI=1S/C13H13ClFN3O/c14-9-4-1-3-8(12(9)15)7-11-17-13(19-18-11)10-5-2-6-16-10/h1,3-4,10,16H,2,5-7H2/t10-/m1/s1. The number of nitrogens with one attached hydrogen (secondary N) is 1. The second-order valence-corrected chi connectivity index (χ2v) is 4.99. The van der Waals surface area contributed by atoms with E-state index in [0.29, 0.717) is 17.3 Å². The van der Waals surface area contributed by atoms with Crippen molar-refractivity contribution >= 4 is 11.6 Å². The van der Waals surface area contributed by atoms with Crippen LogP contribution in [0.3, 0.4) is 0 Å². The molecular weight excluding hydrogens is 269 g/mol. The molecule has 6 heteroatoms. The van der Waals surface area contributed by atoms with Crippen LogP contribution in [0.25, 0.3) is 0 Å². The topological polar surface area (TPSA) is 51.0 Å². The van der Waals surface area contributed by atoms with E-state index in [0.717, 1.165) is 19.4 Å². The highest BCUT2D eigenvalue weighted by atomic mass is 35.5. The van der Waals surface area contributed by atoms with Crippen LogP contribution >= 0.6 is 11.6 Å². The minimum atomic E-state index is -0.422. The van der Waals surface area contributed by atoms with Gasteiger partial charge in [0.25, 0.3) is 0 Å². The van der Waals surface area contributed by atoms with Gasteiger partial charge in [-0.1, -0.05) is 28.9 Å². The lowest BCUT2D eigenvalue weighted by atomic mass is 10.1. The van der Waals surface area contributed by atoms with Gasteiger partial charge >= 0.3 is 0 Å². The maximum atomic E-state index is 13.8. The first-order valence-electron chi connectivity index (χ1n) is 6.23. The summed E-state index contributed by atoms with van der Waals surface area (Å²) >= 11 is 5.74. The first kappa shape index (κ1) is 12.6. The van der Waals surface area contributed by atoms with Crippen molar-refractivity contribution in [3.05, 3.63) is 46.3 Å². The molecule has 100 valence electrons. The molecule has 0 radical (unpaired) electrons. The van der Waals surface area contributed by atoms with Crippen molar-refractivity contribution in [3.63, 3.8) is 0 Å². The first-order chi connectivity index (χ1) is 9.24. The molecule has 0 spiro atoms. The largest absolute Gasteiger partial charge is 0.338 e. The van der Waals surface area contributed by atoms with Crippen LogP contribution in [-0.2, 0) is 6.42 Å². The molecule has 1 aliphatic heterocycles. The summed E-state index contributed by atoms with van der Waals surface area (Å²) in [5.74, 6) is 0.634. The molecule has 0 aliphatic carbocycles. The summed E-state index contributed by atoms with van der Waals surface area (Å²) in [5, 5.41) is 7.28. The van der Waals surface area contributed by atoms with E-state index in [4.69, 9.17) is 16.1 Å². The Labute approximate surface area is 115 Å². The molecule has 0 saturated carbocycles. The minimum absolute atomic E-state index is 0.110. The summed E-state index contributed by atoms with van der Waals surface area (Å²) in [6, 6.07) is 5.03. The van der Waals surface area contributed by atoms with Crippen LogP contribution in [0.5, 0.6) is 0 Å². The number of rotatable bonds is 3. The van der Waals surface area contributed by atoms with E-state index in [1.54, 1.807) is 12.1 Å². The van der Waals surface area contributed by atoms with Crippen LogP contribution in [0.2, 0.25) is 5.02 Å². The van der Waals surface area contributed by atoms with Gasteiger partial charge in [0.2, 0.25) is 5.89 Å². The van der Waals surface area contributed by atoms with Crippen molar-refractivity contribution in [2.75, 3.05) is 6.54 Å². The van der Waals surface area contributed by atoms with Crippen LogP contribution in [-0.4, -0.2) is 16.7 Å². The van der Waals surface area contributed by atoms with Gasteiger partial charge in [0.1, 0.15) is 5.82 Å². The Balaban J connectivity index is 1.78. The van der Waals surface area contributed by atoms with Crippen molar-refractivity contribution in [1.29, 1.82) is 0 Å². The predicted octanol–water partition coefficient (Wildman–Crippen LogP) is 2.88. The normalized spacial score (nSPS) is 18.9. The summed E-state index contributed by atoms with van der Waals surface area (Å²) < 4.78 is 19.0. The monoisotopic (exact) mass is 281 g/mol. The Kier molecular flexibility index (Phi) is 3.48. The highest BCUT2D eigenvalue weighted by Crippen LogP contribution is 2.23. The van der Waals surface area contributed by atoms with Crippen LogP contribution in [0.1, 0.15) is 36.2 Å². The molecule has 2 aromatic rings. The molecule has 0 amide bonds. The quantitative estimate of drug-likeness (QED) is 0.940. The van der Waals surface area contributed by atoms with E-state index in [2.05, 4.69) is 15.5 Å². The zero-order chi connectivity index (χ0) is 13.2. The van der Waals surface area contributed by atoms with Gasteiger partial charge in [-0.05, 0) is 31.0 Å². The lowest BCUT2D eigenvalue weighted by Crippen LogP contribution is -2.13. The fraction of sp³-hybridized carbons (Fsp3) is 0.385. The van der Waals surface area contributed by atoms with Crippen LogP contribution in [0.4, 0.5) is 4.39 Å². The van der Waals surface area contributed by atoms with Crippen LogP contribution in [0.15, 0.2) is 22.7 Å². The predicted molar refractivity (Wildman–Crippen MR) is 68.5 cm³/mol. The molecule has 19 heavy (non-hydrogen) atoms. The number of hydrogen-bond acceptors (Lipinski definition) is 4. The second-order valence-electron chi connectivity index (χ2n) is 4.59. The summed E-state index contributed by atoms with van der Waals surface area (Å²) in [6.07, 6.45) is 2.38. The van der Waals surface area contributed by atoms with E-state index >= 15 is 0 Å². The third-order valence-electron chi connectivity index (χ3n) is 3.22. The number of aromatic nitrogens is 2. The Morgan fingerprint density at radius 3 is 3.16 bits per heavy atom. The van der Waals surface area contributed by atoms with Gasteiger partial charge in [-0.25, -0.2) is 4.39 Å². The molecule has 1 aliphatic rings. The third-order valence-corrected chi connectivity index (χ3v) is 3.51. The van der Waals surface area contributed by atoms with E-state index in [1.807, 2.05) is 0 Å². The van der Waals surface area contributed by atoms with Crippen molar-refractivity contribution in [1.82, 2.24) is 15.5 Å². The molecule has 0 unspecified atom stereocenters. The number of halogens is 2. The van der Waals surface area contributed by atoms with Crippen molar-refractivity contribution < 1.29 is 8.91 Å². The van der Waals surface area contributed by atoms with Crippen molar-refractivity contribution in [3.8, 4) is 0 Å². The van der Waals surface area contributed by atoms with E-state index < -0.39 is 5.82 Å². The summed E-state index contributed by atoms with van der Waals surface area (Å²) in [4.78, 5) is 4.31. The van der Waals surface area contributed by atoms with Gasteiger partial charge in [0, 0.05) is 6.42 Å². The number of hydrogen-bond donors (Lipinski definition) is 1. The van der Waals surface area contributed by atoms with E-state index in [9.17, 15) is 4.39 Å². The molecule has 4 nitrogen and oxygen atoms in total. The average Bonchev–Trinajstić information content (AvgIpc) is 3.05. The average molecular weight is 282 g/mol. The van der Waals surface area contributed by atoms with Gasteiger partial charge in [0.05, 0.1) is 11.1 Å². The van der Waals surface area contributed by atoms with Gasteiger partial charge in [-0.2, -0.15) is 4.98 Å². The zero-order valence-electron chi connectivity index (χ0n) is 10.2. The molecule has 1 aromatic carbocycles. The van der Waals surface area contributed by atoms with E-state index in [1.165, 1.54) is 6.07 Å². The molecule has 1 saturated heterocycles. The van der Waals surface area contributed by atoms with Gasteiger partial charge in [-0.3, -0.25) is 0 Å². The Bertz CT molecular complexity index is 581. The maximum Gasteiger partial charge on any atom is 0.243 e. The van der Waals surface area contributed by atoms with Crippen LogP contribution in [0, 0.1) is 5.82 Å². The first-order valence-corrected chi connectivity index (χ1v) is 6.60. The lowest BCUT2D eigenvalue weighted by molar-refractivity contribution is 0.341. The number of benzene rings is 1. The fourth-order valence-electron chi connectivity index (χ4n) is 2.23. The molecule has 1 aromatic heterocycles. The van der Waals surface area contributed by atoms with Crippen LogP contribution < -0.4 is 5.32 Å². The second kappa shape index (κ2) is 5.27. The maximum absolute atomic E-state index is 13.8. The van der Waals surface area contributed by atoms with Crippen molar-refractivity contribution in [2.45, 2.75) is 25.3 Å². The Morgan fingerprint density at radius 1 is 1.47 bits per heavy atom. The third kappa shape index (κ3) is 2.62.